The van der Waals surface area contributed by atoms with Crippen molar-refractivity contribution in [3.8, 4) is 0 Å². The normalized spacial score (nSPS) is 12.1. The molecular weight excluding hydrogens is 248 g/mol. The second kappa shape index (κ2) is 5.68. The lowest BCUT2D eigenvalue weighted by Gasteiger charge is -2.10. The van der Waals surface area contributed by atoms with Gasteiger partial charge < -0.3 is 5.32 Å². The van der Waals surface area contributed by atoms with Crippen LogP contribution in [0, 0.1) is 6.92 Å². The van der Waals surface area contributed by atoms with E-state index < -0.39 is 0 Å². The first-order valence-electron chi connectivity index (χ1n) is 5.54. The molecule has 2 N–H and O–H groups in total. The lowest BCUT2D eigenvalue weighted by molar-refractivity contribution is -0.115. The molecule has 1 aromatic heterocycles. The van der Waals surface area contributed by atoms with Crippen molar-refractivity contribution in [3.05, 3.63) is 36.2 Å². The van der Waals surface area contributed by atoms with Gasteiger partial charge in [0.05, 0.1) is 5.25 Å². The standard InChI is InChI=1S/C12H14N4OS/c1-8-4-3-5-10(6-8)15-11(17)9(2)18-12-13-7-14-16-12/h3-7,9H,1-2H3,(H,15,17)(H,13,14,16)/t9-/m1/s1. The van der Waals surface area contributed by atoms with Gasteiger partial charge in [-0.1, -0.05) is 23.9 Å². The number of hydrogen-bond donors (Lipinski definition) is 2. The van der Waals surface area contributed by atoms with Gasteiger partial charge in [-0.3, -0.25) is 9.89 Å². The highest BCUT2D eigenvalue weighted by Gasteiger charge is 2.15. The molecular formula is C12H14N4OS. The molecule has 0 saturated carbocycles. The minimum Gasteiger partial charge on any atom is -0.325 e. The van der Waals surface area contributed by atoms with E-state index in [2.05, 4.69) is 20.5 Å². The van der Waals surface area contributed by atoms with Gasteiger partial charge in [0.25, 0.3) is 0 Å². The summed E-state index contributed by atoms with van der Waals surface area (Å²) in [5.74, 6) is -0.0537. The quantitative estimate of drug-likeness (QED) is 0.829. The van der Waals surface area contributed by atoms with Crippen molar-refractivity contribution in [2.45, 2.75) is 24.3 Å². The molecule has 0 unspecified atom stereocenters. The summed E-state index contributed by atoms with van der Waals surface area (Å²) < 4.78 is 0. The van der Waals surface area contributed by atoms with Crippen molar-refractivity contribution >= 4 is 23.4 Å². The van der Waals surface area contributed by atoms with Crippen molar-refractivity contribution in [2.75, 3.05) is 5.32 Å². The highest BCUT2D eigenvalue weighted by molar-refractivity contribution is 8.00. The van der Waals surface area contributed by atoms with Crippen molar-refractivity contribution in [1.29, 1.82) is 0 Å². The molecule has 0 bridgehead atoms. The fourth-order valence-corrected chi connectivity index (χ4v) is 2.15. The minimum atomic E-state index is -0.238. The maximum absolute atomic E-state index is 12.0. The van der Waals surface area contributed by atoms with Crippen LogP contribution in [0.2, 0.25) is 0 Å². The van der Waals surface area contributed by atoms with E-state index in [1.165, 1.54) is 18.1 Å². The lowest BCUT2D eigenvalue weighted by Crippen LogP contribution is -2.22. The van der Waals surface area contributed by atoms with E-state index in [1.54, 1.807) is 0 Å². The SMILES string of the molecule is Cc1cccc(NC(=O)[C@@H](C)Sc2ncn[nH]2)c1. The summed E-state index contributed by atoms with van der Waals surface area (Å²) in [6, 6.07) is 7.71. The molecule has 1 heterocycles. The predicted molar refractivity (Wildman–Crippen MR) is 71.5 cm³/mol. The molecule has 6 heteroatoms. The Hall–Kier alpha value is -1.82. The number of carbonyl (C=O) groups is 1. The number of H-pyrrole nitrogens is 1. The number of nitrogens with one attached hydrogen (secondary N) is 2. The zero-order valence-corrected chi connectivity index (χ0v) is 11.0. The van der Waals surface area contributed by atoms with Crippen LogP contribution in [0.5, 0.6) is 0 Å². The van der Waals surface area contributed by atoms with Gasteiger partial charge in [0.15, 0.2) is 5.16 Å². The van der Waals surface area contributed by atoms with Gasteiger partial charge in [-0.2, -0.15) is 5.10 Å². The van der Waals surface area contributed by atoms with Gasteiger partial charge in [0.2, 0.25) is 5.91 Å². The van der Waals surface area contributed by atoms with E-state index in [9.17, 15) is 4.79 Å². The fraction of sp³-hybridized carbons (Fsp3) is 0.250. The van der Waals surface area contributed by atoms with Gasteiger partial charge in [0, 0.05) is 5.69 Å². The van der Waals surface area contributed by atoms with Crippen molar-refractivity contribution in [2.24, 2.45) is 0 Å². The highest BCUT2D eigenvalue weighted by Crippen LogP contribution is 2.20. The number of aromatic nitrogens is 3. The van der Waals surface area contributed by atoms with E-state index >= 15 is 0 Å². The van der Waals surface area contributed by atoms with Crippen LogP contribution in [0.3, 0.4) is 0 Å². The molecule has 94 valence electrons. The Morgan fingerprint density at radius 3 is 3.00 bits per heavy atom. The molecule has 1 atom stereocenters. The third kappa shape index (κ3) is 3.33. The predicted octanol–water partition coefficient (Wildman–Crippen LogP) is 2.23. The first-order valence-corrected chi connectivity index (χ1v) is 6.42. The first-order chi connectivity index (χ1) is 8.65. The highest BCUT2D eigenvalue weighted by atomic mass is 32.2. The molecule has 0 radical (unpaired) electrons. The molecule has 0 fully saturated rings. The van der Waals surface area contributed by atoms with E-state index in [1.807, 2.05) is 38.1 Å². The molecule has 2 aromatic rings. The summed E-state index contributed by atoms with van der Waals surface area (Å²) in [6.45, 7) is 3.82. The number of anilines is 1. The molecule has 0 saturated heterocycles. The van der Waals surface area contributed by atoms with Crippen molar-refractivity contribution in [1.82, 2.24) is 15.2 Å². The molecule has 2 rings (SSSR count). The minimum absolute atomic E-state index is 0.0537. The third-order valence-corrected chi connectivity index (χ3v) is 3.32. The largest absolute Gasteiger partial charge is 0.325 e. The zero-order chi connectivity index (χ0) is 13.0. The summed E-state index contributed by atoms with van der Waals surface area (Å²) in [4.78, 5) is 15.9. The number of aromatic amines is 1. The lowest BCUT2D eigenvalue weighted by atomic mass is 10.2. The summed E-state index contributed by atoms with van der Waals surface area (Å²) >= 11 is 1.34. The number of nitrogens with zero attached hydrogens (tertiary/aromatic N) is 2. The van der Waals surface area contributed by atoms with E-state index in [-0.39, 0.29) is 11.2 Å². The van der Waals surface area contributed by atoms with Crippen LogP contribution in [0.1, 0.15) is 12.5 Å². The van der Waals surface area contributed by atoms with Crippen LogP contribution in [0.4, 0.5) is 5.69 Å². The average molecular weight is 262 g/mol. The number of thioether (sulfide) groups is 1. The average Bonchev–Trinajstić information content (AvgIpc) is 2.81. The maximum Gasteiger partial charge on any atom is 0.237 e. The van der Waals surface area contributed by atoms with Crippen LogP contribution in [0.25, 0.3) is 0 Å². The van der Waals surface area contributed by atoms with Crippen LogP contribution < -0.4 is 5.32 Å². The maximum atomic E-state index is 12.0. The fourth-order valence-electron chi connectivity index (χ4n) is 1.44. The summed E-state index contributed by atoms with van der Waals surface area (Å²) in [5, 5.41) is 9.74. The Morgan fingerprint density at radius 2 is 2.33 bits per heavy atom. The molecule has 0 aliphatic carbocycles. The van der Waals surface area contributed by atoms with Gasteiger partial charge in [-0.05, 0) is 31.5 Å². The summed E-state index contributed by atoms with van der Waals surface area (Å²) in [5.41, 5.74) is 1.92. The van der Waals surface area contributed by atoms with Gasteiger partial charge in [-0.25, -0.2) is 4.98 Å². The van der Waals surface area contributed by atoms with Crippen LogP contribution in [0.15, 0.2) is 35.7 Å². The molecule has 18 heavy (non-hydrogen) atoms. The van der Waals surface area contributed by atoms with Crippen LogP contribution in [-0.4, -0.2) is 26.3 Å². The monoisotopic (exact) mass is 262 g/mol. The van der Waals surface area contributed by atoms with Crippen molar-refractivity contribution < 1.29 is 4.79 Å². The Bertz CT molecular complexity index is 527. The summed E-state index contributed by atoms with van der Waals surface area (Å²) in [6.07, 6.45) is 1.42. The number of aryl methyl sites for hydroxylation is 1. The van der Waals surface area contributed by atoms with Crippen molar-refractivity contribution in [3.63, 3.8) is 0 Å². The van der Waals surface area contributed by atoms with Gasteiger partial charge >= 0.3 is 0 Å². The van der Waals surface area contributed by atoms with Gasteiger partial charge in [-0.15, -0.1) is 0 Å². The Balaban J connectivity index is 1.95. The number of carbonyl (C=O) groups excluding carboxylic acids is 1. The third-order valence-electron chi connectivity index (χ3n) is 2.34. The number of benzene rings is 1. The Kier molecular flexibility index (Phi) is 3.99. The number of hydrogen-bond acceptors (Lipinski definition) is 4. The Labute approximate surface area is 109 Å². The first kappa shape index (κ1) is 12.6. The molecule has 0 aliphatic heterocycles. The van der Waals surface area contributed by atoms with E-state index in [0.29, 0.717) is 5.16 Å². The molecule has 0 spiro atoms. The van der Waals surface area contributed by atoms with Crippen LogP contribution >= 0.6 is 11.8 Å². The Morgan fingerprint density at radius 1 is 1.50 bits per heavy atom. The number of rotatable bonds is 4. The summed E-state index contributed by atoms with van der Waals surface area (Å²) in [7, 11) is 0. The molecule has 1 amide bonds. The topological polar surface area (TPSA) is 70.7 Å². The molecule has 0 aliphatic rings. The van der Waals surface area contributed by atoms with E-state index in [4.69, 9.17) is 0 Å². The number of amides is 1. The molecule has 5 nitrogen and oxygen atoms in total. The smallest absolute Gasteiger partial charge is 0.237 e. The van der Waals surface area contributed by atoms with E-state index in [0.717, 1.165) is 11.3 Å². The zero-order valence-electron chi connectivity index (χ0n) is 10.2. The second-order valence-electron chi connectivity index (χ2n) is 3.91. The van der Waals surface area contributed by atoms with Crippen LogP contribution in [-0.2, 0) is 4.79 Å². The van der Waals surface area contributed by atoms with Gasteiger partial charge in [0.1, 0.15) is 6.33 Å². The second-order valence-corrected chi connectivity index (χ2v) is 5.24. The molecule has 1 aromatic carbocycles.